The third kappa shape index (κ3) is 1.89. The van der Waals surface area contributed by atoms with Gasteiger partial charge in [-0.2, -0.15) is 0 Å². The summed E-state index contributed by atoms with van der Waals surface area (Å²) in [4.78, 5) is 8.79. The largest absolute Gasteiger partial charge is 0.303 e. The maximum Gasteiger partial charge on any atom is 0.183 e. The zero-order chi connectivity index (χ0) is 14.6. The van der Waals surface area contributed by atoms with Gasteiger partial charge in [0, 0.05) is 16.6 Å². The van der Waals surface area contributed by atoms with Gasteiger partial charge in [-0.15, -0.1) is 11.3 Å². The number of benzene rings is 1. The SMILES string of the molecule is Cc1[nH][nH]c2nc3nc(=S)sc3c(-c3ccc(F)cc3)c12. The Morgan fingerprint density at radius 2 is 1.90 bits per heavy atom. The Morgan fingerprint density at radius 3 is 2.67 bits per heavy atom. The van der Waals surface area contributed by atoms with Crippen molar-refractivity contribution in [2.75, 3.05) is 0 Å². The van der Waals surface area contributed by atoms with Crippen molar-refractivity contribution in [2.24, 2.45) is 0 Å². The predicted molar refractivity (Wildman–Crippen MR) is 84.6 cm³/mol. The number of fused-ring (bicyclic) bond motifs is 2. The van der Waals surface area contributed by atoms with E-state index in [-0.39, 0.29) is 5.82 Å². The number of hydrogen-bond acceptors (Lipinski definition) is 4. The van der Waals surface area contributed by atoms with Crippen molar-refractivity contribution < 1.29 is 4.39 Å². The molecule has 0 saturated carbocycles. The predicted octanol–water partition coefficient (Wildman–Crippen LogP) is 4.34. The number of aryl methyl sites for hydroxylation is 1. The summed E-state index contributed by atoms with van der Waals surface area (Å²) in [5.41, 5.74) is 4.21. The van der Waals surface area contributed by atoms with Crippen LogP contribution in [0.4, 0.5) is 4.39 Å². The first kappa shape index (κ1) is 12.6. The van der Waals surface area contributed by atoms with Gasteiger partial charge in [-0.05, 0) is 36.8 Å². The van der Waals surface area contributed by atoms with Gasteiger partial charge in [0.2, 0.25) is 0 Å². The van der Waals surface area contributed by atoms with E-state index in [4.69, 9.17) is 12.2 Å². The van der Waals surface area contributed by atoms with Gasteiger partial charge in [0.25, 0.3) is 0 Å². The highest BCUT2D eigenvalue weighted by Gasteiger charge is 2.17. The summed E-state index contributed by atoms with van der Waals surface area (Å²) in [6, 6.07) is 6.43. The molecule has 104 valence electrons. The quantitative estimate of drug-likeness (QED) is 0.513. The first-order valence-electron chi connectivity index (χ1n) is 6.27. The van der Waals surface area contributed by atoms with Crippen LogP contribution in [0.1, 0.15) is 5.69 Å². The third-order valence-electron chi connectivity index (χ3n) is 3.40. The van der Waals surface area contributed by atoms with Crippen LogP contribution in [0, 0.1) is 16.7 Å². The Kier molecular flexibility index (Phi) is 2.66. The van der Waals surface area contributed by atoms with E-state index < -0.39 is 0 Å². The Bertz CT molecular complexity index is 1030. The molecule has 1 aromatic carbocycles. The van der Waals surface area contributed by atoms with Crippen LogP contribution in [0.2, 0.25) is 0 Å². The van der Waals surface area contributed by atoms with Crippen LogP contribution in [0.5, 0.6) is 0 Å². The number of thiazole rings is 1. The molecule has 0 aliphatic rings. The van der Waals surface area contributed by atoms with E-state index in [9.17, 15) is 4.39 Å². The molecule has 0 atom stereocenters. The molecule has 0 fully saturated rings. The van der Waals surface area contributed by atoms with Gasteiger partial charge in [-0.1, -0.05) is 12.1 Å². The van der Waals surface area contributed by atoms with Crippen LogP contribution in [0.25, 0.3) is 32.5 Å². The zero-order valence-electron chi connectivity index (χ0n) is 10.9. The minimum Gasteiger partial charge on any atom is -0.303 e. The molecule has 4 nitrogen and oxygen atoms in total. The molecule has 0 spiro atoms. The van der Waals surface area contributed by atoms with Crippen LogP contribution >= 0.6 is 23.6 Å². The van der Waals surface area contributed by atoms with Crippen molar-refractivity contribution >= 4 is 44.9 Å². The molecule has 3 aromatic heterocycles. The smallest absolute Gasteiger partial charge is 0.183 e. The molecule has 21 heavy (non-hydrogen) atoms. The molecular formula is C14H9FN4S2. The maximum atomic E-state index is 13.2. The van der Waals surface area contributed by atoms with Crippen molar-refractivity contribution in [3.05, 3.63) is 39.7 Å². The van der Waals surface area contributed by atoms with E-state index in [2.05, 4.69) is 20.2 Å². The number of nitrogens with zero attached hydrogens (tertiary/aromatic N) is 2. The molecule has 0 aliphatic carbocycles. The highest BCUT2D eigenvalue weighted by atomic mass is 32.1. The number of hydrogen-bond donors (Lipinski definition) is 2. The molecule has 0 unspecified atom stereocenters. The van der Waals surface area contributed by atoms with Gasteiger partial charge >= 0.3 is 0 Å². The van der Waals surface area contributed by atoms with E-state index in [1.807, 2.05) is 6.92 Å². The highest BCUT2D eigenvalue weighted by molar-refractivity contribution is 7.73. The fraction of sp³-hybridized carbons (Fsp3) is 0.0714. The van der Waals surface area contributed by atoms with Gasteiger partial charge in [0.05, 0.1) is 4.70 Å². The van der Waals surface area contributed by atoms with Crippen molar-refractivity contribution in [1.82, 2.24) is 20.2 Å². The minimum atomic E-state index is -0.258. The molecule has 7 heteroatoms. The number of aromatic amines is 2. The normalized spacial score (nSPS) is 11.5. The van der Waals surface area contributed by atoms with Crippen LogP contribution < -0.4 is 0 Å². The van der Waals surface area contributed by atoms with Crippen LogP contribution in [0.3, 0.4) is 0 Å². The molecule has 0 saturated heterocycles. The van der Waals surface area contributed by atoms with Crippen LogP contribution in [-0.4, -0.2) is 20.2 Å². The summed E-state index contributed by atoms with van der Waals surface area (Å²) < 4.78 is 14.7. The summed E-state index contributed by atoms with van der Waals surface area (Å²) >= 11 is 6.60. The molecule has 0 bridgehead atoms. The number of pyridine rings is 1. The maximum absolute atomic E-state index is 13.2. The average Bonchev–Trinajstić information content (AvgIpc) is 3.00. The van der Waals surface area contributed by atoms with Gasteiger partial charge < -0.3 is 5.10 Å². The molecule has 0 radical (unpaired) electrons. The fourth-order valence-corrected chi connectivity index (χ4v) is 3.64. The van der Waals surface area contributed by atoms with Gasteiger partial charge in [0.1, 0.15) is 5.82 Å². The van der Waals surface area contributed by atoms with Gasteiger partial charge in [0.15, 0.2) is 15.2 Å². The molecule has 4 aromatic rings. The molecule has 2 N–H and O–H groups in total. The average molecular weight is 316 g/mol. The van der Waals surface area contributed by atoms with Crippen LogP contribution in [0.15, 0.2) is 24.3 Å². The summed E-state index contributed by atoms with van der Waals surface area (Å²) in [5.74, 6) is -0.258. The first-order valence-corrected chi connectivity index (χ1v) is 7.49. The van der Waals surface area contributed by atoms with Gasteiger partial charge in [-0.25, -0.2) is 14.4 Å². The second-order valence-electron chi connectivity index (χ2n) is 4.72. The van der Waals surface area contributed by atoms with Crippen LogP contribution in [-0.2, 0) is 0 Å². The molecule has 4 rings (SSSR count). The number of rotatable bonds is 1. The third-order valence-corrected chi connectivity index (χ3v) is 4.60. The van der Waals surface area contributed by atoms with Crippen molar-refractivity contribution in [3.63, 3.8) is 0 Å². The Hall–Kier alpha value is -2.12. The number of halogens is 1. The van der Waals surface area contributed by atoms with Crippen molar-refractivity contribution in [2.45, 2.75) is 6.92 Å². The van der Waals surface area contributed by atoms with E-state index in [1.54, 1.807) is 12.1 Å². The lowest BCUT2D eigenvalue weighted by Gasteiger charge is -2.05. The fourth-order valence-electron chi connectivity index (χ4n) is 2.49. The van der Waals surface area contributed by atoms with E-state index in [0.29, 0.717) is 9.60 Å². The van der Waals surface area contributed by atoms with E-state index in [1.165, 1.54) is 23.5 Å². The Labute approximate surface area is 127 Å². The molecule has 0 amide bonds. The lowest BCUT2D eigenvalue weighted by Crippen LogP contribution is -1.87. The lowest BCUT2D eigenvalue weighted by atomic mass is 10.0. The Balaban J connectivity index is 2.22. The number of H-pyrrole nitrogens is 2. The lowest BCUT2D eigenvalue weighted by molar-refractivity contribution is 0.628. The van der Waals surface area contributed by atoms with Crippen molar-refractivity contribution in [3.8, 4) is 11.1 Å². The number of aromatic nitrogens is 4. The molecule has 0 aliphatic heterocycles. The van der Waals surface area contributed by atoms with Crippen molar-refractivity contribution in [1.29, 1.82) is 0 Å². The Morgan fingerprint density at radius 1 is 1.14 bits per heavy atom. The second kappa shape index (κ2) is 4.44. The molecule has 3 heterocycles. The zero-order valence-corrected chi connectivity index (χ0v) is 12.5. The second-order valence-corrected chi connectivity index (χ2v) is 6.37. The monoisotopic (exact) mass is 316 g/mol. The highest BCUT2D eigenvalue weighted by Crippen LogP contribution is 2.37. The summed E-state index contributed by atoms with van der Waals surface area (Å²) in [6.45, 7) is 1.97. The summed E-state index contributed by atoms with van der Waals surface area (Å²) in [7, 11) is 0. The summed E-state index contributed by atoms with van der Waals surface area (Å²) in [5, 5.41) is 7.08. The number of nitrogens with one attached hydrogen (secondary N) is 2. The first-order chi connectivity index (χ1) is 10.1. The standard InChI is InChI=1S/C14H9FN4S2/c1-6-9-10(7-2-4-8(15)5-3-7)11-13(17-14(20)21-11)16-12(9)19-18-6/h2-5H,1H3,(H2,16,17,18,19,20). The van der Waals surface area contributed by atoms with E-state index >= 15 is 0 Å². The minimum absolute atomic E-state index is 0.258. The van der Waals surface area contributed by atoms with E-state index in [0.717, 1.165) is 32.6 Å². The van der Waals surface area contributed by atoms with Gasteiger partial charge in [-0.3, -0.25) is 5.10 Å². The topological polar surface area (TPSA) is 57.4 Å². The molecular weight excluding hydrogens is 307 g/mol. The summed E-state index contributed by atoms with van der Waals surface area (Å²) in [6.07, 6.45) is 0.